The van der Waals surface area contributed by atoms with Crippen molar-refractivity contribution in [3.63, 3.8) is 0 Å². The molecule has 1 aromatic rings. The first kappa shape index (κ1) is 12.7. The normalized spacial score (nSPS) is 21.9. The van der Waals surface area contributed by atoms with Crippen molar-refractivity contribution in [2.75, 3.05) is 0 Å². The van der Waals surface area contributed by atoms with Crippen molar-refractivity contribution in [3.05, 3.63) is 35.4 Å². The van der Waals surface area contributed by atoms with Crippen molar-refractivity contribution >= 4 is 5.91 Å². The average Bonchev–Trinajstić information content (AvgIpc) is 2.81. The Kier molecular flexibility index (Phi) is 3.31. The molecule has 19 heavy (non-hydrogen) atoms. The van der Waals surface area contributed by atoms with Gasteiger partial charge in [-0.3, -0.25) is 4.79 Å². The van der Waals surface area contributed by atoms with Gasteiger partial charge in [-0.25, -0.2) is 0 Å². The molecule has 3 N–H and O–H groups in total. The molecular formula is C16H22N2O. The van der Waals surface area contributed by atoms with E-state index in [1.54, 1.807) is 0 Å². The highest BCUT2D eigenvalue weighted by molar-refractivity contribution is 5.86. The van der Waals surface area contributed by atoms with Gasteiger partial charge in [0.15, 0.2) is 0 Å². The summed E-state index contributed by atoms with van der Waals surface area (Å²) in [7, 11) is 0. The van der Waals surface area contributed by atoms with E-state index >= 15 is 0 Å². The van der Waals surface area contributed by atoms with Crippen LogP contribution in [0.2, 0.25) is 0 Å². The third-order valence-corrected chi connectivity index (χ3v) is 4.58. The van der Waals surface area contributed by atoms with Gasteiger partial charge in [0.2, 0.25) is 5.91 Å². The van der Waals surface area contributed by atoms with E-state index in [0.29, 0.717) is 0 Å². The van der Waals surface area contributed by atoms with Crippen LogP contribution in [0.4, 0.5) is 0 Å². The van der Waals surface area contributed by atoms with Gasteiger partial charge in [0, 0.05) is 6.04 Å². The van der Waals surface area contributed by atoms with E-state index in [0.717, 1.165) is 38.5 Å². The first-order chi connectivity index (χ1) is 9.17. The second kappa shape index (κ2) is 4.97. The van der Waals surface area contributed by atoms with Gasteiger partial charge in [-0.1, -0.05) is 43.5 Å². The summed E-state index contributed by atoms with van der Waals surface area (Å²) in [6, 6.07) is 8.66. The van der Waals surface area contributed by atoms with Crippen molar-refractivity contribution in [2.45, 2.75) is 56.5 Å². The fourth-order valence-corrected chi connectivity index (χ4v) is 3.40. The number of nitrogens with two attached hydrogens (primary N) is 1. The fraction of sp³-hybridized carbons (Fsp3) is 0.562. The lowest BCUT2D eigenvalue weighted by Gasteiger charge is -2.33. The molecule has 102 valence electrons. The number of rotatable bonds is 2. The Balaban J connectivity index is 1.63. The van der Waals surface area contributed by atoms with Gasteiger partial charge in [-0.05, 0) is 36.8 Å². The van der Waals surface area contributed by atoms with Gasteiger partial charge < -0.3 is 11.1 Å². The molecule has 3 heteroatoms. The molecule has 0 aliphatic heterocycles. The molecule has 1 fully saturated rings. The molecule has 3 nitrogen and oxygen atoms in total. The van der Waals surface area contributed by atoms with Crippen molar-refractivity contribution in [1.82, 2.24) is 5.32 Å². The number of hydrogen-bond donors (Lipinski definition) is 2. The molecule has 1 saturated carbocycles. The Labute approximate surface area is 114 Å². The minimum absolute atomic E-state index is 0.0602. The summed E-state index contributed by atoms with van der Waals surface area (Å²) >= 11 is 0. The number of carbonyl (C=O) groups excluding carboxylic acids is 1. The number of amides is 1. The minimum atomic E-state index is -0.618. The maximum Gasteiger partial charge on any atom is 0.240 e. The molecule has 0 spiro atoms. The van der Waals surface area contributed by atoms with Gasteiger partial charge >= 0.3 is 0 Å². The van der Waals surface area contributed by atoms with Crippen LogP contribution in [0.5, 0.6) is 0 Å². The first-order valence-corrected chi connectivity index (χ1v) is 7.34. The molecule has 1 amide bonds. The summed E-state index contributed by atoms with van der Waals surface area (Å²) in [4.78, 5) is 12.4. The van der Waals surface area contributed by atoms with E-state index in [9.17, 15) is 4.79 Å². The van der Waals surface area contributed by atoms with Crippen LogP contribution < -0.4 is 11.1 Å². The molecular weight excluding hydrogens is 236 g/mol. The van der Waals surface area contributed by atoms with Crippen molar-refractivity contribution in [2.24, 2.45) is 5.73 Å². The average molecular weight is 258 g/mol. The molecule has 0 unspecified atom stereocenters. The smallest absolute Gasteiger partial charge is 0.240 e. The predicted octanol–water partition coefficient (Wildman–Crippen LogP) is 1.93. The fourth-order valence-electron chi connectivity index (χ4n) is 3.40. The van der Waals surface area contributed by atoms with Crippen LogP contribution in [0.25, 0.3) is 0 Å². The molecule has 1 aromatic carbocycles. The van der Waals surface area contributed by atoms with Gasteiger partial charge in [-0.15, -0.1) is 0 Å². The number of carbonyl (C=O) groups is 1. The van der Waals surface area contributed by atoms with Crippen molar-refractivity contribution in [1.29, 1.82) is 0 Å². The molecule has 3 rings (SSSR count). The van der Waals surface area contributed by atoms with Gasteiger partial charge in [0.25, 0.3) is 0 Å². The highest BCUT2D eigenvalue weighted by atomic mass is 16.2. The van der Waals surface area contributed by atoms with E-state index in [4.69, 9.17) is 5.73 Å². The van der Waals surface area contributed by atoms with Crippen LogP contribution in [0.1, 0.15) is 43.2 Å². The van der Waals surface area contributed by atoms with E-state index < -0.39 is 5.54 Å². The monoisotopic (exact) mass is 258 g/mol. The largest absolute Gasteiger partial charge is 0.351 e. The molecule has 2 aliphatic rings. The lowest BCUT2D eigenvalue weighted by molar-refractivity contribution is -0.128. The van der Waals surface area contributed by atoms with E-state index in [-0.39, 0.29) is 11.9 Å². The maximum absolute atomic E-state index is 12.4. The van der Waals surface area contributed by atoms with E-state index in [1.165, 1.54) is 17.5 Å². The third kappa shape index (κ3) is 2.52. The molecule has 0 aromatic heterocycles. The Morgan fingerprint density at radius 1 is 1.11 bits per heavy atom. The summed E-state index contributed by atoms with van der Waals surface area (Å²) in [6.45, 7) is 0. The number of benzene rings is 1. The van der Waals surface area contributed by atoms with Crippen LogP contribution >= 0.6 is 0 Å². The highest BCUT2D eigenvalue weighted by Crippen LogP contribution is 2.27. The zero-order valence-electron chi connectivity index (χ0n) is 11.3. The molecule has 0 bridgehead atoms. The summed E-state index contributed by atoms with van der Waals surface area (Å²) in [5, 5.41) is 3.17. The Morgan fingerprint density at radius 3 is 2.26 bits per heavy atom. The Bertz CT molecular complexity index is 452. The maximum atomic E-state index is 12.4. The quantitative estimate of drug-likeness (QED) is 0.851. The highest BCUT2D eigenvalue weighted by Gasteiger charge is 2.36. The molecule has 0 saturated heterocycles. The van der Waals surface area contributed by atoms with E-state index in [1.807, 2.05) is 0 Å². The first-order valence-electron chi connectivity index (χ1n) is 7.34. The van der Waals surface area contributed by atoms with Gasteiger partial charge in [-0.2, -0.15) is 0 Å². The van der Waals surface area contributed by atoms with E-state index in [2.05, 4.69) is 29.6 Å². The van der Waals surface area contributed by atoms with Crippen LogP contribution in [0, 0.1) is 0 Å². The summed E-state index contributed by atoms with van der Waals surface area (Å²) in [5.41, 5.74) is 8.38. The lowest BCUT2D eigenvalue weighted by atomic mass is 9.81. The molecule has 2 aliphatic carbocycles. The summed E-state index contributed by atoms with van der Waals surface area (Å²) in [5.74, 6) is 0.0602. The summed E-state index contributed by atoms with van der Waals surface area (Å²) in [6.07, 6.45) is 6.91. The lowest BCUT2D eigenvalue weighted by Crippen LogP contribution is -2.57. The Morgan fingerprint density at radius 2 is 1.68 bits per heavy atom. The zero-order chi connectivity index (χ0) is 13.3. The zero-order valence-corrected chi connectivity index (χ0v) is 11.3. The second-order valence-electron chi connectivity index (χ2n) is 6.06. The van der Waals surface area contributed by atoms with Crippen LogP contribution in [0.15, 0.2) is 24.3 Å². The minimum Gasteiger partial charge on any atom is -0.351 e. The van der Waals surface area contributed by atoms with Crippen molar-refractivity contribution in [3.8, 4) is 0 Å². The molecule has 0 heterocycles. The standard InChI is InChI=1S/C16H22N2O/c17-16(8-4-1-5-9-16)15(19)18-14-10-12-6-2-3-7-13(12)11-14/h2-3,6-7,14H,1,4-5,8-11,17H2,(H,18,19). The van der Waals surface area contributed by atoms with Gasteiger partial charge in [0.05, 0.1) is 5.54 Å². The summed E-state index contributed by atoms with van der Waals surface area (Å²) < 4.78 is 0. The predicted molar refractivity (Wildman–Crippen MR) is 75.8 cm³/mol. The second-order valence-corrected chi connectivity index (χ2v) is 6.06. The number of fused-ring (bicyclic) bond motifs is 1. The van der Waals surface area contributed by atoms with Crippen molar-refractivity contribution < 1.29 is 4.79 Å². The van der Waals surface area contributed by atoms with Crippen LogP contribution in [-0.2, 0) is 17.6 Å². The van der Waals surface area contributed by atoms with Crippen LogP contribution in [0.3, 0.4) is 0 Å². The molecule has 0 atom stereocenters. The topological polar surface area (TPSA) is 55.1 Å². The molecule has 0 radical (unpaired) electrons. The number of nitrogens with one attached hydrogen (secondary N) is 1. The van der Waals surface area contributed by atoms with Crippen LogP contribution in [-0.4, -0.2) is 17.5 Å². The Hall–Kier alpha value is -1.35. The number of hydrogen-bond acceptors (Lipinski definition) is 2. The third-order valence-electron chi connectivity index (χ3n) is 4.58. The SMILES string of the molecule is NC1(C(=O)NC2Cc3ccccc3C2)CCCCC1. The van der Waals surface area contributed by atoms with Gasteiger partial charge in [0.1, 0.15) is 0 Å².